The second-order valence-electron chi connectivity index (χ2n) is 7.73. The first kappa shape index (κ1) is 26.2. The topological polar surface area (TPSA) is 261 Å². The quantitative estimate of drug-likeness (QED) is 0.145. The van der Waals surface area contributed by atoms with Crippen LogP contribution >= 0.6 is 0 Å². The third-order valence-corrected chi connectivity index (χ3v) is 8.11. The van der Waals surface area contributed by atoms with Crippen LogP contribution in [-0.2, 0) is 30.4 Å². The molecule has 17 heteroatoms. The summed E-state index contributed by atoms with van der Waals surface area (Å²) in [5, 5.41) is 2.50. The molecule has 0 unspecified atom stereocenters. The Balaban J connectivity index is 2.07. The van der Waals surface area contributed by atoms with Crippen LogP contribution in [0.15, 0.2) is 57.2 Å². The van der Waals surface area contributed by atoms with E-state index in [1.54, 1.807) is 0 Å². The minimum absolute atomic E-state index is 0.191. The number of carbonyl (C=O) groups excluding carboxylic acids is 2. The molecule has 37 heavy (non-hydrogen) atoms. The standard InChI is InChI=1S/C20H15N3O11S3/c21-10-5-4-8(6-13(10)36(29,30)31)23-11-7-14(37(32,33)34)18(22)17-16(11)20(25)15-9(19(17)24)2-1-3-12(15)35(26,27)28/h1-7,23H,21-22H2,(H,26,27,28)(H,29,30,31)(H,32,33,34). The molecule has 0 heterocycles. The third-order valence-electron chi connectivity index (χ3n) is 5.41. The van der Waals surface area contributed by atoms with E-state index >= 15 is 0 Å². The van der Waals surface area contributed by atoms with E-state index in [9.17, 15) is 48.5 Å². The van der Waals surface area contributed by atoms with E-state index in [1.165, 1.54) is 6.07 Å². The average Bonchev–Trinajstić information content (AvgIpc) is 2.76. The van der Waals surface area contributed by atoms with Gasteiger partial charge in [-0.3, -0.25) is 23.2 Å². The number of benzene rings is 3. The maximum atomic E-state index is 13.5. The number of nitrogens with two attached hydrogens (primary N) is 2. The van der Waals surface area contributed by atoms with Gasteiger partial charge in [0.25, 0.3) is 30.4 Å². The van der Waals surface area contributed by atoms with Gasteiger partial charge < -0.3 is 16.8 Å². The van der Waals surface area contributed by atoms with Gasteiger partial charge in [0.1, 0.15) is 14.7 Å². The Morgan fingerprint density at radius 3 is 1.81 bits per heavy atom. The molecule has 0 aliphatic heterocycles. The lowest BCUT2D eigenvalue weighted by molar-refractivity contribution is 0.0977. The highest BCUT2D eigenvalue weighted by Crippen LogP contribution is 2.41. The zero-order valence-corrected chi connectivity index (χ0v) is 20.5. The predicted molar refractivity (Wildman–Crippen MR) is 128 cm³/mol. The molecule has 0 atom stereocenters. The summed E-state index contributed by atoms with van der Waals surface area (Å²) in [5.41, 5.74) is 6.95. The third kappa shape index (κ3) is 4.43. The van der Waals surface area contributed by atoms with Crippen molar-refractivity contribution < 1.29 is 48.5 Å². The molecule has 14 nitrogen and oxygen atoms in total. The van der Waals surface area contributed by atoms with Gasteiger partial charge in [-0.15, -0.1) is 0 Å². The fourth-order valence-corrected chi connectivity index (χ4v) is 5.88. The molecule has 0 bridgehead atoms. The number of hydrogen-bond donors (Lipinski definition) is 6. The van der Waals surface area contributed by atoms with Crippen molar-refractivity contribution in [2.24, 2.45) is 0 Å². The van der Waals surface area contributed by atoms with E-state index < -0.39 is 90.2 Å². The highest BCUT2D eigenvalue weighted by molar-refractivity contribution is 7.86. The van der Waals surface area contributed by atoms with Gasteiger partial charge in [0.15, 0.2) is 11.6 Å². The van der Waals surface area contributed by atoms with Gasteiger partial charge in [-0.2, -0.15) is 25.3 Å². The lowest BCUT2D eigenvalue weighted by Crippen LogP contribution is -2.27. The van der Waals surface area contributed by atoms with Crippen LogP contribution < -0.4 is 16.8 Å². The van der Waals surface area contributed by atoms with Crippen molar-refractivity contribution in [3.63, 3.8) is 0 Å². The monoisotopic (exact) mass is 569 g/mol. The number of nitrogens with one attached hydrogen (secondary N) is 1. The molecule has 0 radical (unpaired) electrons. The van der Waals surface area contributed by atoms with Gasteiger partial charge in [0.2, 0.25) is 0 Å². The molecule has 3 aromatic carbocycles. The van der Waals surface area contributed by atoms with E-state index in [-0.39, 0.29) is 11.4 Å². The summed E-state index contributed by atoms with van der Waals surface area (Å²) < 4.78 is 99.7. The predicted octanol–water partition coefficient (Wildman–Crippen LogP) is 1.11. The summed E-state index contributed by atoms with van der Waals surface area (Å²) in [7, 11) is -14.9. The number of nitrogen functional groups attached to an aromatic ring is 2. The molecular weight excluding hydrogens is 554 g/mol. The lowest BCUT2D eigenvalue weighted by atomic mass is 9.82. The van der Waals surface area contributed by atoms with E-state index in [1.807, 2.05) is 0 Å². The van der Waals surface area contributed by atoms with E-state index in [2.05, 4.69) is 5.32 Å². The Bertz CT molecular complexity index is 1880. The van der Waals surface area contributed by atoms with E-state index in [0.717, 1.165) is 30.3 Å². The van der Waals surface area contributed by atoms with Crippen LogP contribution in [0.5, 0.6) is 0 Å². The molecule has 1 aliphatic carbocycles. The number of ketones is 2. The fraction of sp³-hybridized carbons (Fsp3) is 0. The molecule has 0 fully saturated rings. The fourth-order valence-electron chi connectivity index (χ4n) is 3.88. The maximum Gasteiger partial charge on any atom is 0.296 e. The molecule has 0 amide bonds. The molecule has 3 aromatic rings. The minimum Gasteiger partial charge on any atom is -0.398 e. The minimum atomic E-state index is -5.09. The summed E-state index contributed by atoms with van der Waals surface area (Å²) >= 11 is 0. The number of hydrogen-bond acceptors (Lipinski definition) is 11. The van der Waals surface area contributed by atoms with Crippen molar-refractivity contribution in [3.05, 3.63) is 64.7 Å². The maximum absolute atomic E-state index is 13.5. The van der Waals surface area contributed by atoms with Crippen molar-refractivity contribution in [1.29, 1.82) is 0 Å². The van der Waals surface area contributed by atoms with Crippen molar-refractivity contribution in [2.45, 2.75) is 14.7 Å². The van der Waals surface area contributed by atoms with Crippen LogP contribution in [0.2, 0.25) is 0 Å². The molecule has 0 spiro atoms. The molecule has 194 valence electrons. The van der Waals surface area contributed by atoms with Gasteiger partial charge in [0, 0.05) is 11.3 Å². The zero-order valence-electron chi connectivity index (χ0n) is 18.0. The SMILES string of the molecule is Nc1ccc(Nc2cc(S(=O)(=O)O)c(N)c3c2C(=O)c2c(cccc2S(=O)(=O)O)C3=O)cc1S(=O)(=O)O. The smallest absolute Gasteiger partial charge is 0.296 e. The highest BCUT2D eigenvalue weighted by atomic mass is 32.2. The largest absolute Gasteiger partial charge is 0.398 e. The second kappa shape index (κ2) is 8.33. The number of fused-ring (bicyclic) bond motifs is 2. The molecule has 0 saturated heterocycles. The van der Waals surface area contributed by atoms with E-state index in [4.69, 9.17) is 11.5 Å². The van der Waals surface area contributed by atoms with Crippen LogP contribution in [0.25, 0.3) is 0 Å². The molecule has 1 aliphatic rings. The summed E-state index contributed by atoms with van der Waals surface area (Å²) in [4.78, 5) is 24.2. The summed E-state index contributed by atoms with van der Waals surface area (Å²) in [6.07, 6.45) is 0. The van der Waals surface area contributed by atoms with Gasteiger partial charge in [-0.1, -0.05) is 12.1 Å². The Morgan fingerprint density at radius 1 is 0.649 bits per heavy atom. The first-order valence-corrected chi connectivity index (χ1v) is 14.0. The van der Waals surface area contributed by atoms with Gasteiger partial charge in [-0.05, 0) is 30.3 Å². The number of carbonyl (C=O) groups is 2. The first-order valence-electron chi connectivity index (χ1n) is 9.71. The normalized spacial score (nSPS) is 13.7. The lowest BCUT2D eigenvalue weighted by Gasteiger charge is -2.24. The van der Waals surface area contributed by atoms with Crippen LogP contribution in [-0.4, -0.2) is 50.5 Å². The van der Waals surface area contributed by atoms with Crippen LogP contribution in [0, 0.1) is 0 Å². The Hall–Kier alpha value is -3.87. The zero-order chi connectivity index (χ0) is 27.7. The summed E-state index contributed by atoms with van der Waals surface area (Å²) in [6, 6.07) is 6.70. The Kier molecular flexibility index (Phi) is 5.90. The van der Waals surface area contributed by atoms with Gasteiger partial charge >= 0.3 is 0 Å². The second-order valence-corrected chi connectivity index (χ2v) is 11.9. The van der Waals surface area contributed by atoms with E-state index in [0.29, 0.717) is 6.07 Å². The highest BCUT2D eigenvalue weighted by Gasteiger charge is 2.39. The molecule has 0 aromatic heterocycles. The number of anilines is 4. The van der Waals surface area contributed by atoms with Gasteiger partial charge in [0.05, 0.1) is 33.8 Å². The molecule has 8 N–H and O–H groups in total. The van der Waals surface area contributed by atoms with Crippen LogP contribution in [0.3, 0.4) is 0 Å². The molecule has 0 saturated carbocycles. The van der Waals surface area contributed by atoms with Crippen molar-refractivity contribution in [2.75, 3.05) is 16.8 Å². The van der Waals surface area contributed by atoms with Crippen molar-refractivity contribution in [1.82, 2.24) is 0 Å². The molecular formula is C20H15N3O11S3. The summed E-state index contributed by atoms with van der Waals surface area (Å²) in [5.74, 6) is -2.27. The van der Waals surface area contributed by atoms with Gasteiger partial charge in [-0.25, -0.2) is 0 Å². The Labute approximate surface area is 209 Å². The average molecular weight is 570 g/mol. The van der Waals surface area contributed by atoms with Crippen molar-refractivity contribution in [3.8, 4) is 0 Å². The summed E-state index contributed by atoms with van der Waals surface area (Å²) in [6.45, 7) is 0. The van der Waals surface area contributed by atoms with Crippen molar-refractivity contribution >= 4 is 64.7 Å². The number of rotatable bonds is 5. The Morgan fingerprint density at radius 2 is 1.24 bits per heavy atom. The first-order chi connectivity index (χ1) is 16.9. The molecule has 4 rings (SSSR count). The van der Waals surface area contributed by atoms with Crippen LogP contribution in [0.4, 0.5) is 22.7 Å². The van der Waals surface area contributed by atoms with Crippen LogP contribution in [0.1, 0.15) is 31.8 Å².